The normalized spacial score (nSPS) is 12.0. The molecule has 0 bridgehead atoms. The van der Waals surface area contributed by atoms with E-state index in [1.807, 2.05) is 0 Å². The Hall–Kier alpha value is -0.740. The minimum Gasteiger partial charge on any atom is -0.396 e. The molecule has 0 aliphatic heterocycles. The van der Waals surface area contributed by atoms with E-state index in [1.165, 1.54) is 0 Å². The fraction of sp³-hybridized carbons (Fsp3) is 0.500. The number of terminal acetylenes is 1. The standard InChI is InChI=1S/C8H12O/c1-3-5-8(4-2)6-7-9/h2-3,8-9H,1,5-7H2. The van der Waals surface area contributed by atoms with Crippen LogP contribution >= 0.6 is 0 Å². The molecule has 0 rings (SSSR count). The molecule has 0 aromatic rings. The number of aliphatic hydroxyl groups is 1. The first kappa shape index (κ1) is 8.26. The van der Waals surface area contributed by atoms with Crippen molar-refractivity contribution in [2.75, 3.05) is 6.61 Å². The van der Waals surface area contributed by atoms with E-state index in [1.54, 1.807) is 6.08 Å². The molecule has 1 N–H and O–H groups in total. The average molecular weight is 124 g/mol. The highest BCUT2D eigenvalue weighted by molar-refractivity contribution is 4.95. The van der Waals surface area contributed by atoms with Gasteiger partial charge in [-0.25, -0.2) is 0 Å². The van der Waals surface area contributed by atoms with E-state index >= 15 is 0 Å². The van der Waals surface area contributed by atoms with Gasteiger partial charge in [0.15, 0.2) is 0 Å². The van der Waals surface area contributed by atoms with Crippen molar-refractivity contribution in [3.8, 4) is 12.3 Å². The minimum absolute atomic E-state index is 0.169. The summed E-state index contributed by atoms with van der Waals surface area (Å²) in [5, 5.41) is 8.46. The van der Waals surface area contributed by atoms with Crippen molar-refractivity contribution in [2.24, 2.45) is 5.92 Å². The summed E-state index contributed by atoms with van der Waals surface area (Å²) in [6, 6.07) is 0. The highest BCUT2D eigenvalue weighted by Crippen LogP contribution is 2.05. The molecule has 1 unspecified atom stereocenters. The maximum atomic E-state index is 8.46. The van der Waals surface area contributed by atoms with E-state index in [0.29, 0.717) is 6.42 Å². The summed E-state index contributed by atoms with van der Waals surface area (Å²) in [5.41, 5.74) is 0. The second-order valence-corrected chi connectivity index (χ2v) is 1.90. The first-order valence-electron chi connectivity index (χ1n) is 3.03. The maximum absolute atomic E-state index is 8.46. The summed E-state index contributed by atoms with van der Waals surface area (Å²) >= 11 is 0. The van der Waals surface area contributed by atoms with Crippen molar-refractivity contribution in [1.29, 1.82) is 0 Å². The highest BCUT2D eigenvalue weighted by atomic mass is 16.2. The summed E-state index contributed by atoms with van der Waals surface area (Å²) in [5.74, 6) is 2.75. The Labute approximate surface area is 56.4 Å². The second-order valence-electron chi connectivity index (χ2n) is 1.90. The molecule has 0 saturated heterocycles. The predicted octanol–water partition coefficient (Wildman–Crippen LogP) is 1.19. The van der Waals surface area contributed by atoms with E-state index in [2.05, 4.69) is 12.5 Å². The lowest BCUT2D eigenvalue weighted by atomic mass is 10.0. The Morgan fingerprint density at radius 3 is 2.78 bits per heavy atom. The van der Waals surface area contributed by atoms with Crippen LogP contribution in [0.4, 0.5) is 0 Å². The lowest BCUT2D eigenvalue weighted by molar-refractivity contribution is 0.272. The summed E-state index contributed by atoms with van der Waals surface area (Å²) in [6.45, 7) is 3.72. The van der Waals surface area contributed by atoms with E-state index in [-0.39, 0.29) is 12.5 Å². The lowest BCUT2D eigenvalue weighted by Gasteiger charge is -2.02. The molecule has 0 heterocycles. The van der Waals surface area contributed by atoms with E-state index in [9.17, 15) is 0 Å². The molecule has 0 aliphatic rings. The van der Waals surface area contributed by atoms with Crippen LogP contribution in [-0.4, -0.2) is 11.7 Å². The molecular formula is C8H12O. The summed E-state index contributed by atoms with van der Waals surface area (Å²) in [4.78, 5) is 0. The zero-order valence-corrected chi connectivity index (χ0v) is 5.51. The van der Waals surface area contributed by atoms with Crippen molar-refractivity contribution in [3.05, 3.63) is 12.7 Å². The Morgan fingerprint density at radius 1 is 1.78 bits per heavy atom. The predicted molar refractivity (Wildman–Crippen MR) is 38.8 cm³/mol. The third-order valence-electron chi connectivity index (χ3n) is 1.16. The molecule has 0 amide bonds. The van der Waals surface area contributed by atoms with Crippen molar-refractivity contribution in [2.45, 2.75) is 12.8 Å². The third-order valence-corrected chi connectivity index (χ3v) is 1.16. The molecule has 0 aromatic carbocycles. The summed E-state index contributed by atoms with van der Waals surface area (Å²) in [6.07, 6.45) is 8.40. The fourth-order valence-corrected chi connectivity index (χ4v) is 0.626. The van der Waals surface area contributed by atoms with Crippen LogP contribution in [0.15, 0.2) is 12.7 Å². The molecule has 0 spiro atoms. The second kappa shape index (κ2) is 5.40. The first-order chi connectivity index (χ1) is 4.35. The van der Waals surface area contributed by atoms with Gasteiger partial charge in [0, 0.05) is 12.5 Å². The molecule has 0 radical (unpaired) electrons. The van der Waals surface area contributed by atoms with Gasteiger partial charge in [-0.1, -0.05) is 6.08 Å². The van der Waals surface area contributed by atoms with E-state index in [0.717, 1.165) is 6.42 Å². The molecule has 1 heteroatoms. The zero-order chi connectivity index (χ0) is 7.11. The smallest absolute Gasteiger partial charge is 0.0442 e. The molecule has 1 nitrogen and oxygen atoms in total. The number of allylic oxidation sites excluding steroid dienone is 1. The van der Waals surface area contributed by atoms with Gasteiger partial charge in [-0.15, -0.1) is 18.9 Å². The maximum Gasteiger partial charge on any atom is 0.0442 e. The van der Waals surface area contributed by atoms with Crippen molar-refractivity contribution < 1.29 is 5.11 Å². The van der Waals surface area contributed by atoms with Gasteiger partial charge in [0.25, 0.3) is 0 Å². The van der Waals surface area contributed by atoms with Gasteiger partial charge >= 0.3 is 0 Å². The average Bonchev–Trinajstić information content (AvgIpc) is 1.88. The molecule has 0 fully saturated rings. The van der Waals surface area contributed by atoms with Crippen LogP contribution in [0.5, 0.6) is 0 Å². The van der Waals surface area contributed by atoms with Crippen LogP contribution in [-0.2, 0) is 0 Å². The molecule has 50 valence electrons. The van der Waals surface area contributed by atoms with Gasteiger partial charge in [-0.3, -0.25) is 0 Å². The Balaban J connectivity index is 3.44. The zero-order valence-electron chi connectivity index (χ0n) is 5.51. The number of hydrogen-bond acceptors (Lipinski definition) is 1. The summed E-state index contributed by atoms with van der Waals surface area (Å²) < 4.78 is 0. The first-order valence-corrected chi connectivity index (χ1v) is 3.03. The van der Waals surface area contributed by atoms with Crippen LogP contribution in [0.2, 0.25) is 0 Å². The quantitative estimate of drug-likeness (QED) is 0.441. The Morgan fingerprint density at radius 2 is 2.44 bits per heavy atom. The number of hydrogen-bond donors (Lipinski definition) is 1. The van der Waals surface area contributed by atoms with Gasteiger partial charge in [0.1, 0.15) is 0 Å². The van der Waals surface area contributed by atoms with Crippen molar-refractivity contribution in [3.63, 3.8) is 0 Å². The largest absolute Gasteiger partial charge is 0.396 e. The molecule has 9 heavy (non-hydrogen) atoms. The fourth-order valence-electron chi connectivity index (χ4n) is 0.626. The van der Waals surface area contributed by atoms with E-state index < -0.39 is 0 Å². The Bertz CT molecular complexity index is 110. The molecule has 0 aromatic heterocycles. The van der Waals surface area contributed by atoms with Crippen molar-refractivity contribution >= 4 is 0 Å². The molecular weight excluding hydrogens is 112 g/mol. The van der Waals surface area contributed by atoms with Crippen LogP contribution in [0, 0.1) is 18.3 Å². The Kier molecular flexibility index (Phi) is 4.95. The molecule has 0 aliphatic carbocycles. The monoisotopic (exact) mass is 124 g/mol. The summed E-state index contributed by atoms with van der Waals surface area (Å²) in [7, 11) is 0. The van der Waals surface area contributed by atoms with Crippen LogP contribution in [0.25, 0.3) is 0 Å². The van der Waals surface area contributed by atoms with Gasteiger partial charge in [0.2, 0.25) is 0 Å². The van der Waals surface area contributed by atoms with Crippen molar-refractivity contribution in [1.82, 2.24) is 0 Å². The van der Waals surface area contributed by atoms with Gasteiger partial charge < -0.3 is 5.11 Å². The number of aliphatic hydroxyl groups excluding tert-OH is 1. The van der Waals surface area contributed by atoms with Gasteiger partial charge in [-0.2, -0.15) is 0 Å². The molecule has 1 atom stereocenters. The van der Waals surface area contributed by atoms with Crippen LogP contribution < -0.4 is 0 Å². The SMILES string of the molecule is C#CC(CC=C)CCO. The highest BCUT2D eigenvalue weighted by Gasteiger charge is 1.98. The van der Waals surface area contributed by atoms with E-state index in [4.69, 9.17) is 11.5 Å². The lowest BCUT2D eigenvalue weighted by Crippen LogP contribution is -1.97. The van der Waals surface area contributed by atoms with Gasteiger partial charge in [0.05, 0.1) is 0 Å². The number of rotatable bonds is 4. The van der Waals surface area contributed by atoms with Crippen LogP contribution in [0.3, 0.4) is 0 Å². The topological polar surface area (TPSA) is 20.2 Å². The van der Waals surface area contributed by atoms with Crippen LogP contribution in [0.1, 0.15) is 12.8 Å². The minimum atomic E-state index is 0.169. The van der Waals surface area contributed by atoms with Gasteiger partial charge in [-0.05, 0) is 12.8 Å². The third kappa shape index (κ3) is 3.81. The molecule has 0 saturated carbocycles.